The van der Waals surface area contributed by atoms with E-state index in [0.717, 1.165) is 6.92 Å². The van der Waals surface area contributed by atoms with E-state index in [-0.39, 0.29) is 6.08 Å². The summed E-state index contributed by atoms with van der Waals surface area (Å²) < 4.78 is 65.0. The van der Waals surface area contributed by atoms with E-state index >= 15 is 0 Å². The Hall–Kier alpha value is -1.13. The zero-order valence-corrected chi connectivity index (χ0v) is 7.96. The summed E-state index contributed by atoms with van der Waals surface area (Å²) in [7, 11) is 0. The third-order valence-corrected chi connectivity index (χ3v) is 2.19. The number of hydrogen-bond donors (Lipinski definition) is 0. The average molecular weight is 224 g/mol. The normalized spacial score (nSPS) is 31.6. The van der Waals surface area contributed by atoms with Gasteiger partial charge in [0.05, 0.1) is 5.83 Å². The van der Waals surface area contributed by atoms with Crippen LogP contribution in [-0.4, -0.2) is 11.8 Å². The molecule has 0 amide bonds. The van der Waals surface area contributed by atoms with Crippen LogP contribution in [0.25, 0.3) is 0 Å². The lowest BCUT2D eigenvalue weighted by Crippen LogP contribution is -2.37. The fourth-order valence-electron chi connectivity index (χ4n) is 1.44. The van der Waals surface area contributed by atoms with Crippen molar-refractivity contribution < 1.29 is 22.0 Å². The summed E-state index contributed by atoms with van der Waals surface area (Å²) in [6, 6.07) is 0. The molecule has 0 aliphatic heterocycles. The Labute approximate surface area is 83.8 Å². The Bertz CT molecular complexity index is 355. The molecule has 84 valence electrons. The second-order valence-corrected chi connectivity index (χ2v) is 3.47. The molecule has 0 fully saturated rings. The van der Waals surface area contributed by atoms with Gasteiger partial charge in [-0.3, -0.25) is 0 Å². The van der Waals surface area contributed by atoms with Crippen LogP contribution in [0.3, 0.4) is 0 Å². The number of alkyl halides is 2. The number of hydrogen-bond acceptors (Lipinski definition) is 0. The Morgan fingerprint density at radius 2 is 2.07 bits per heavy atom. The van der Waals surface area contributed by atoms with Crippen LogP contribution in [0.15, 0.2) is 35.7 Å². The van der Waals surface area contributed by atoms with Crippen LogP contribution >= 0.6 is 0 Å². The van der Waals surface area contributed by atoms with Gasteiger partial charge in [-0.1, -0.05) is 6.58 Å². The van der Waals surface area contributed by atoms with Crippen LogP contribution < -0.4 is 0 Å². The number of allylic oxidation sites excluding steroid dienone is 5. The quantitative estimate of drug-likeness (QED) is 0.621. The minimum absolute atomic E-state index is 0.116. The van der Waals surface area contributed by atoms with Crippen molar-refractivity contribution in [3.05, 3.63) is 35.7 Å². The van der Waals surface area contributed by atoms with Crippen molar-refractivity contribution in [3.63, 3.8) is 0 Å². The van der Waals surface area contributed by atoms with Crippen molar-refractivity contribution in [1.29, 1.82) is 0 Å². The van der Waals surface area contributed by atoms with Gasteiger partial charge in [0, 0.05) is 12.0 Å². The maximum Gasteiger partial charge on any atom is 0.173 e. The van der Waals surface area contributed by atoms with Crippen molar-refractivity contribution in [1.82, 2.24) is 0 Å². The van der Waals surface area contributed by atoms with E-state index in [0.29, 0.717) is 0 Å². The van der Waals surface area contributed by atoms with Gasteiger partial charge in [-0.25, -0.2) is 22.0 Å². The number of halogens is 5. The predicted molar refractivity (Wildman–Crippen MR) is 46.6 cm³/mol. The zero-order valence-electron chi connectivity index (χ0n) is 7.96. The fourth-order valence-corrected chi connectivity index (χ4v) is 1.44. The van der Waals surface area contributed by atoms with Gasteiger partial charge in [0.15, 0.2) is 23.5 Å². The summed E-state index contributed by atoms with van der Waals surface area (Å²) in [5.74, 6) is -4.07. The molecule has 0 radical (unpaired) electrons. The highest BCUT2D eigenvalue weighted by molar-refractivity contribution is 5.38. The van der Waals surface area contributed by atoms with Crippen molar-refractivity contribution in [2.75, 3.05) is 0 Å². The first-order valence-electron chi connectivity index (χ1n) is 4.19. The van der Waals surface area contributed by atoms with Crippen molar-refractivity contribution in [2.45, 2.75) is 25.2 Å². The zero-order chi connectivity index (χ0) is 11.8. The molecule has 0 saturated heterocycles. The van der Waals surface area contributed by atoms with Crippen LogP contribution in [0.2, 0.25) is 0 Å². The highest BCUT2D eigenvalue weighted by Gasteiger charge is 2.45. The highest BCUT2D eigenvalue weighted by Crippen LogP contribution is 2.41. The third-order valence-electron chi connectivity index (χ3n) is 2.19. The SMILES string of the molecule is C=C(F)CC1(F)C=C(F)C(F)=C(C)C1F. The van der Waals surface area contributed by atoms with Crippen molar-refractivity contribution >= 4 is 0 Å². The van der Waals surface area contributed by atoms with Crippen molar-refractivity contribution in [3.8, 4) is 0 Å². The molecule has 2 atom stereocenters. The predicted octanol–water partition coefficient (Wildman–Crippen LogP) is 4.02. The first kappa shape index (κ1) is 11.9. The number of rotatable bonds is 2. The standard InChI is InChI=1S/C10H9F5/c1-5(11)3-10(15)4-7(12)8(13)6(2)9(10)14/h4,9H,1,3H2,2H3. The molecule has 1 aliphatic rings. The van der Waals surface area contributed by atoms with Crippen LogP contribution in [0.4, 0.5) is 22.0 Å². The Balaban J connectivity index is 3.11. The Morgan fingerprint density at radius 3 is 2.53 bits per heavy atom. The van der Waals surface area contributed by atoms with Gasteiger partial charge in [0.2, 0.25) is 0 Å². The van der Waals surface area contributed by atoms with Gasteiger partial charge >= 0.3 is 0 Å². The molecule has 15 heavy (non-hydrogen) atoms. The lowest BCUT2D eigenvalue weighted by atomic mass is 9.86. The largest absolute Gasteiger partial charge is 0.239 e. The van der Waals surface area contributed by atoms with Gasteiger partial charge in [0.25, 0.3) is 0 Å². The van der Waals surface area contributed by atoms with Gasteiger partial charge in [-0.15, -0.1) is 0 Å². The second-order valence-electron chi connectivity index (χ2n) is 3.47. The van der Waals surface area contributed by atoms with Crippen molar-refractivity contribution in [2.24, 2.45) is 0 Å². The molecule has 1 rings (SSSR count). The molecule has 0 nitrogen and oxygen atoms in total. The summed E-state index contributed by atoms with van der Waals surface area (Å²) in [6.45, 7) is 3.68. The first-order chi connectivity index (χ1) is 6.78. The molecule has 0 spiro atoms. The van der Waals surface area contributed by atoms with Crippen LogP contribution in [-0.2, 0) is 0 Å². The van der Waals surface area contributed by atoms with Crippen LogP contribution in [0.1, 0.15) is 13.3 Å². The Morgan fingerprint density at radius 1 is 1.53 bits per heavy atom. The summed E-state index contributed by atoms with van der Waals surface area (Å²) >= 11 is 0. The molecule has 5 heteroatoms. The lowest BCUT2D eigenvalue weighted by Gasteiger charge is -2.29. The second kappa shape index (κ2) is 3.79. The van der Waals surface area contributed by atoms with Gasteiger partial charge in [-0.05, 0) is 13.0 Å². The molecule has 2 unspecified atom stereocenters. The maximum absolute atomic E-state index is 13.7. The van der Waals surface area contributed by atoms with E-state index in [4.69, 9.17) is 0 Å². The van der Waals surface area contributed by atoms with E-state index in [1.165, 1.54) is 0 Å². The van der Waals surface area contributed by atoms with Crippen LogP contribution in [0.5, 0.6) is 0 Å². The molecule has 0 heterocycles. The fraction of sp³-hybridized carbons (Fsp3) is 0.400. The summed E-state index contributed by atoms with van der Waals surface area (Å²) in [6.07, 6.45) is -3.30. The van der Waals surface area contributed by atoms with Gasteiger partial charge in [0.1, 0.15) is 0 Å². The summed E-state index contributed by atoms with van der Waals surface area (Å²) in [5.41, 5.74) is -3.60. The molecule has 0 aromatic carbocycles. The molecular weight excluding hydrogens is 215 g/mol. The van der Waals surface area contributed by atoms with Gasteiger partial charge in [-0.2, -0.15) is 0 Å². The molecule has 0 aromatic heterocycles. The highest BCUT2D eigenvalue weighted by atomic mass is 19.2. The lowest BCUT2D eigenvalue weighted by molar-refractivity contribution is 0.104. The first-order valence-corrected chi connectivity index (χ1v) is 4.19. The summed E-state index contributed by atoms with van der Waals surface area (Å²) in [5, 5.41) is 0. The molecule has 0 saturated carbocycles. The molecule has 1 aliphatic carbocycles. The van der Waals surface area contributed by atoms with E-state index < -0.39 is 41.3 Å². The van der Waals surface area contributed by atoms with E-state index in [1.807, 2.05) is 0 Å². The smallest absolute Gasteiger partial charge is 0.173 e. The molecule has 0 N–H and O–H groups in total. The third kappa shape index (κ3) is 2.11. The maximum atomic E-state index is 13.7. The monoisotopic (exact) mass is 224 g/mol. The van der Waals surface area contributed by atoms with Gasteiger partial charge < -0.3 is 0 Å². The minimum atomic E-state index is -2.89. The Kier molecular flexibility index (Phi) is 3.02. The summed E-state index contributed by atoms with van der Waals surface area (Å²) in [4.78, 5) is 0. The van der Waals surface area contributed by atoms with Crippen LogP contribution in [0, 0.1) is 0 Å². The molecule has 0 bridgehead atoms. The topological polar surface area (TPSA) is 0 Å². The van der Waals surface area contributed by atoms with E-state index in [2.05, 4.69) is 6.58 Å². The minimum Gasteiger partial charge on any atom is -0.239 e. The van der Waals surface area contributed by atoms with E-state index in [9.17, 15) is 22.0 Å². The van der Waals surface area contributed by atoms with E-state index in [1.54, 1.807) is 0 Å². The average Bonchev–Trinajstić information content (AvgIpc) is 2.10. The molecule has 0 aromatic rings. The molecular formula is C10H9F5.